The number of aryl methyl sites for hydroxylation is 2. The summed E-state index contributed by atoms with van der Waals surface area (Å²) in [5.74, 6) is -2.52. The molecule has 13 heteroatoms. The summed E-state index contributed by atoms with van der Waals surface area (Å²) >= 11 is 0. The molecule has 3 heterocycles. The van der Waals surface area contributed by atoms with Gasteiger partial charge in [0.1, 0.15) is 17.5 Å². The molecule has 0 spiro atoms. The van der Waals surface area contributed by atoms with Crippen molar-refractivity contribution in [2.45, 2.75) is 52.1 Å². The van der Waals surface area contributed by atoms with E-state index in [4.69, 9.17) is 9.47 Å². The number of carbonyl (C=O) groups is 5. The Kier molecular flexibility index (Phi) is 9.84. The number of esters is 1. The normalized spacial score (nSPS) is 16.0. The van der Waals surface area contributed by atoms with Gasteiger partial charge < -0.3 is 30.4 Å². The number of aromatic nitrogens is 3. The second-order valence-electron chi connectivity index (χ2n) is 11.2. The molecule has 1 fully saturated rings. The van der Waals surface area contributed by atoms with Crippen LogP contribution >= 0.6 is 0 Å². The van der Waals surface area contributed by atoms with Crippen LogP contribution in [0, 0.1) is 18.8 Å². The van der Waals surface area contributed by atoms with Gasteiger partial charge in [-0.25, -0.2) is 4.79 Å². The van der Waals surface area contributed by atoms with E-state index in [2.05, 4.69) is 26.0 Å². The number of nitrogens with zero attached hydrogens (tertiary/aromatic N) is 2. The lowest BCUT2D eigenvalue weighted by molar-refractivity contribution is -0.131. The van der Waals surface area contributed by atoms with E-state index in [0.29, 0.717) is 36.2 Å². The van der Waals surface area contributed by atoms with Gasteiger partial charge in [0.15, 0.2) is 18.1 Å². The van der Waals surface area contributed by atoms with Crippen LogP contribution < -0.4 is 20.7 Å². The van der Waals surface area contributed by atoms with Crippen molar-refractivity contribution in [3.63, 3.8) is 0 Å². The van der Waals surface area contributed by atoms with E-state index in [-0.39, 0.29) is 29.6 Å². The number of fused-ring (bicyclic) bond motifs is 1. The first kappa shape index (κ1) is 31.3. The Morgan fingerprint density at radius 1 is 1.16 bits per heavy atom. The maximum Gasteiger partial charge on any atom is 0.359 e. The topological polar surface area (TPSA) is 174 Å². The molecular formula is C30H38N6O7. The van der Waals surface area contributed by atoms with E-state index in [1.165, 1.54) is 11.8 Å². The molecule has 3 aromatic rings. The molecule has 3 atom stereocenters. The van der Waals surface area contributed by atoms with Gasteiger partial charge in [0.25, 0.3) is 5.91 Å². The minimum absolute atomic E-state index is 0.0242. The van der Waals surface area contributed by atoms with Crippen molar-refractivity contribution >= 4 is 40.4 Å². The number of H-pyrrole nitrogens is 1. The van der Waals surface area contributed by atoms with Crippen LogP contribution in [0.3, 0.4) is 0 Å². The van der Waals surface area contributed by atoms with Gasteiger partial charge in [-0.3, -0.25) is 23.9 Å². The van der Waals surface area contributed by atoms with Gasteiger partial charge in [0.05, 0.1) is 13.2 Å². The summed E-state index contributed by atoms with van der Waals surface area (Å²) < 4.78 is 12.1. The van der Waals surface area contributed by atoms with Crippen molar-refractivity contribution in [2.24, 2.45) is 18.9 Å². The van der Waals surface area contributed by atoms with Crippen molar-refractivity contribution in [2.75, 3.05) is 20.3 Å². The quantitative estimate of drug-likeness (QED) is 0.217. The average Bonchev–Trinajstić information content (AvgIpc) is 3.67. The fourth-order valence-corrected chi connectivity index (χ4v) is 5.18. The van der Waals surface area contributed by atoms with Crippen molar-refractivity contribution in [3.8, 4) is 5.75 Å². The molecule has 1 aliphatic rings. The molecule has 2 aromatic heterocycles. The molecule has 1 aromatic carbocycles. The van der Waals surface area contributed by atoms with Crippen LogP contribution in [0.2, 0.25) is 0 Å². The standard InChI is InChI=1S/C30H38N6O7/c1-16(2)11-22(34-29(40)23-13-19-20(32-23)7-6-8-25(19)42-5)28(39)33-21(12-18-9-10-31-27(18)38)24(37)15-43-30(41)26-17(3)14-36(4)35-26/h6-8,13-14,16,18,21-22,32H,9-12,15H2,1-5H3,(H,31,38)(H,33,39)(H,34,40)/t18-,21-,22-/m0/s1. The number of carbonyl (C=O) groups excluding carboxylic acids is 5. The predicted molar refractivity (Wildman–Crippen MR) is 156 cm³/mol. The zero-order valence-electron chi connectivity index (χ0n) is 25.0. The lowest BCUT2D eigenvalue weighted by atomic mass is 9.95. The number of hydrogen-bond donors (Lipinski definition) is 4. The van der Waals surface area contributed by atoms with Crippen LogP contribution in [0.1, 0.15) is 59.7 Å². The smallest absolute Gasteiger partial charge is 0.359 e. The van der Waals surface area contributed by atoms with Gasteiger partial charge >= 0.3 is 5.97 Å². The first-order valence-corrected chi connectivity index (χ1v) is 14.2. The predicted octanol–water partition coefficient (Wildman–Crippen LogP) is 1.80. The number of amides is 3. The summed E-state index contributed by atoms with van der Waals surface area (Å²) in [4.78, 5) is 68.0. The number of aromatic amines is 1. The Labute approximate surface area is 249 Å². The molecule has 0 aliphatic carbocycles. The molecule has 0 unspecified atom stereocenters. The Hall–Kier alpha value is -4.68. The third-order valence-electron chi connectivity index (χ3n) is 7.36. The highest BCUT2D eigenvalue weighted by Crippen LogP contribution is 2.26. The fourth-order valence-electron chi connectivity index (χ4n) is 5.18. The Bertz CT molecular complexity index is 1520. The fraction of sp³-hybridized carbons (Fsp3) is 0.467. The molecule has 4 rings (SSSR count). The summed E-state index contributed by atoms with van der Waals surface area (Å²) in [7, 11) is 3.20. The summed E-state index contributed by atoms with van der Waals surface area (Å²) in [5.41, 5.74) is 1.62. The van der Waals surface area contributed by atoms with E-state index in [9.17, 15) is 24.0 Å². The summed E-state index contributed by atoms with van der Waals surface area (Å²) in [6.45, 7) is 5.36. The number of rotatable bonds is 13. The third kappa shape index (κ3) is 7.59. The molecule has 3 amide bonds. The van der Waals surface area contributed by atoms with E-state index in [1.807, 2.05) is 19.9 Å². The number of ether oxygens (including phenoxy) is 2. The number of nitrogens with one attached hydrogen (secondary N) is 4. The average molecular weight is 595 g/mol. The Morgan fingerprint density at radius 3 is 2.56 bits per heavy atom. The van der Waals surface area contributed by atoms with Crippen molar-refractivity contribution in [1.82, 2.24) is 30.7 Å². The lowest BCUT2D eigenvalue weighted by Crippen LogP contribution is -2.53. The van der Waals surface area contributed by atoms with Gasteiger partial charge in [-0.15, -0.1) is 0 Å². The van der Waals surface area contributed by atoms with Gasteiger partial charge in [-0.2, -0.15) is 5.10 Å². The number of ketones is 1. The zero-order chi connectivity index (χ0) is 31.3. The van der Waals surface area contributed by atoms with Gasteiger partial charge in [0.2, 0.25) is 11.8 Å². The van der Waals surface area contributed by atoms with Crippen molar-refractivity contribution in [1.29, 1.82) is 0 Å². The summed E-state index contributed by atoms with van der Waals surface area (Å²) in [6, 6.07) is 4.94. The molecule has 0 bridgehead atoms. The molecular weight excluding hydrogens is 556 g/mol. The van der Waals surface area contributed by atoms with Crippen LogP contribution in [0.4, 0.5) is 0 Å². The molecule has 1 saturated heterocycles. The number of hydrogen-bond acceptors (Lipinski definition) is 8. The Balaban J connectivity index is 1.49. The molecule has 43 heavy (non-hydrogen) atoms. The van der Waals surface area contributed by atoms with Crippen LogP contribution in [-0.4, -0.2) is 76.6 Å². The van der Waals surface area contributed by atoms with Gasteiger partial charge in [0, 0.05) is 42.2 Å². The van der Waals surface area contributed by atoms with E-state index < -0.39 is 48.2 Å². The number of Topliss-reactive ketones (excluding diaryl/α,β-unsaturated/α-hetero) is 1. The van der Waals surface area contributed by atoms with Crippen LogP contribution in [0.5, 0.6) is 5.75 Å². The second-order valence-corrected chi connectivity index (χ2v) is 11.2. The zero-order valence-corrected chi connectivity index (χ0v) is 25.0. The van der Waals surface area contributed by atoms with Gasteiger partial charge in [-0.05, 0) is 50.3 Å². The highest BCUT2D eigenvalue weighted by Gasteiger charge is 2.34. The lowest BCUT2D eigenvalue weighted by Gasteiger charge is -2.25. The molecule has 13 nitrogen and oxygen atoms in total. The first-order chi connectivity index (χ1) is 20.5. The number of methoxy groups -OCH3 is 1. The minimum atomic E-state index is -1.12. The van der Waals surface area contributed by atoms with Crippen molar-refractivity contribution in [3.05, 3.63) is 47.4 Å². The van der Waals surface area contributed by atoms with Crippen molar-refractivity contribution < 1.29 is 33.4 Å². The van der Waals surface area contributed by atoms with Crippen LogP contribution in [0.25, 0.3) is 10.9 Å². The SMILES string of the molecule is COc1cccc2[nH]c(C(=O)N[C@@H](CC(C)C)C(=O)N[C@@H](C[C@@H]3CCNC3=O)C(=O)COC(=O)c3nn(C)cc3C)cc12. The van der Waals surface area contributed by atoms with Crippen LogP contribution in [0.15, 0.2) is 30.5 Å². The minimum Gasteiger partial charge on any atom is -0.496 e. The maximum absolute atomic E-state index is 13.6. The largest absolute Gasteiger partial charge is 0.496 e. The van der Waals surface area contributed by atoms with E-state index in [1.54, 1.807) is 38.4 Å². The third-order valence-corrected chi connectivity index (χ3v) is 7.36. The molecule has 0 saturated carbocycles. The molecule has 230 valence electrons. The highest BCUT2D eigenvalue weighted by atomic mass is 16.5. The van der Waals surface area contributed by atoms with E-state index >= 15 is 0 Å². The Morgan fingerprint density at radius 2 is 1.93 bits per heavy atom. The monoisotopic (exact) mass is 594 g/mol. The highest BCUT2D eigenvalue weighted by molar-refractivity contribution is 6.02. The van der Waals surface area contributed by atoms with Crippen LogP contribution in [-0.2, 0) is 26.2 Å². The number of benzene rings is 1. The van der Waals surface area contributed by atoms with E-state index in [0.717, 1.165) is 5.39 Å². The molecule has 1 aliphatic heterocycles. The van der Waals surface area contributed by atoms with Gasteiger partial charge in [-0.1, -0.05) is 19.9 Å². The first-order valence-electron chi connectivity index (χ1n) is 14.2. The summed E-state index contributed by atoms with van der Waals surface area (Å²) in [6.07, 6.45) is 2.47. The molecule has 4 N–H and O–H groups in total. The molecule has 0 radical (unpaired) electrons. The maximum atomic E-state index is 13.6. The second kappa shape index (κ2) is 13.5. The summed E-state index contributed by atoms with van der Waals surface area (Å²) in [5, 5.41) is 13.0.